The van der Waals surface area contributed by atoms with Crippen LogP contribution in [0.1, 0.15) is 30.5 Å². The largest absolute Gasteiger partial charge is 0.271 e. The van der Waals surface area contributed by atoms with Crippen molar-refractivity contribution in [2.75, 3.05) is 0 Å². The predicted octanol–water partition coefficient (Wildman–Crippen LogP) is 1.77. The monoisotopic (exact) mass is 176 g/mol. The van der Waals surface area contributed by atoms with E-state index >= 15 is 0 Å². The van der Waals surface area contributed by atoms with Gasteiger partial charge >= 0.3 is 0 Å². The van der Waals surface area contributed by atoms with E-state index in [9.17, 15) is 0 Å². The Kier molecular flexibility index (Phi) is 2.34. The molecule has 1 aromatic rings. The summed E-state index contributed by atoms with van der Waals surface area (Å²) in [5, 5.41) is 0. The normalized spacial score (nSPS) is 26.9. The lowest BCUT2D eigenvalue weighted by Gasteiger charge is -2.30. The average molecular weight is 176 g/mol. The van der Waals surface area contributed by atoms with Gasteiger partial charge in [-0.3, -0.25) is 11.3 Å². The molecule has 2 atom stereocenters. The Hall–Kier alpha value is -0.860. The summed E-state index contributed by atoms with van der Waals surface area (Å²) < 4.78 is 0. The minimum absolute atomic E-state index is 0.338. The zero-order valence-corrected chi connectivity index (χ0v) is 7.96. The van der Waals surface area contributed by atoms with Crippen LogP contribution < -0.4 is 11.3 Å². The van der Waals surface area contributed by atoms with E-state index in [4.69, 9.17) is 5.84 Å². The Labute approximate surface area is 79.1 Å². The standard InChI is InChI=1S/C11H16N2/c1-8-6-7-9-4-2-3-5-10(9)11(8)13-12/h2-5,8,11,13H,6-7,12H2,1H3/t8-,11-/m1/s1. The van der Waals surface area contributed by atoms with Gasteiger partial charge in [0.05, 0.1) is 0 Å². The molecule has 0 amide bonds. The molecule has 2 heteroatoms. The molecule has 70 valence electrons. The number of nitrogens with one attached hydrogen (secondary N) is 1. The summed E-state index contributed by atoms with van der Waals surface area (Å²) in [6.45, 7) is 2.25. The van der Waals surface area contributed by atoms with Gasteiger partial charge in [0.1, 0.15) is 0 Å². The molecule has 0 spiro atoms. The summed E-state index contributed by atoms with van der Waals surface area (Å²) in [5.41, 5.74) is 5.74. The van der Waals surface area contributed by atoms with Crippen LogP contribution in [0.25, 0.3) is 0 Å². The van der Waals surface area contributed by atoms with Crippen LogP contribution in [0.5, 0.6) is 0 Å². The lowest BCUT2D eigenvalue weighted by molar-refractivity contribution is 0.349. The number of aryl methyl sites for hydroxylation is 1. The molecule has 2 rings (SSSR count). The number of rotatable bonds is 1. The first-order valence-corrected chi connectivity index (χ1v) is 4.87. The van der Waals surface area contributed by atoms with Crippen molar-refractivity contribution in [2.45, 2.75) is 25.8 Å². The van der Waals surface area contributed by atoms with E-state index in [2.05, 4.69) is 36.6 Å². The summed E-state index contributed by atoms with van der Waals surface area (Å²) >= 11 is 0. The Balaban J connectivity index is 2.39. The van der Waals surface area contributed by atoms with Crippen LogP contribution in [0.3, 0.4) is 0 Å². The molecule has 1 aromatic carbocycles. The van der Waals surface area contributed by atoms with Crippen molar-refractivity contribution in [3.05, 3.63) is 35.4 Å². The molecule has 0 saturated heterocycles. The third kappa shape index (κ3) is 1.47. The molecule has 0 unspecified atom stereocenters. The van der Waals surface area contributed by atoms with Crippen LogP contribution in [0.4, 0.5) is 0 Å². The fourth-order valence-electron chi connectivity index (χ4n) is 2.18. The smallest absolute Gasteiger partial charge is 0.0488 e. The van der Waals surface area contributed by atoms with Crippen molar-refractivity contribution in [1.29, 1.82) is 0 Å². The molecule has 0 aromatic heterocycles. The minimum Gasteiger partial charge on any atom is -0.271 e. The molecule has 0 fully saturated rings. The van der Waals surface area contributed by atoms with Crippen LogP contribution in [0, 0.1) is 5.92 Å². The van der Waals surface area contributed by atoms with Crippen LogP contribution in [-0.4, -0.2) is 0 Å². The van der Waals surface area contributed by atoms with Crippen molar-refractivity contribution < 1.29 is 0 Å². The molecule has 3 N–H and O–H groups in total. The van der Waals surface area contributed by atoms with E-state index in [1.165, 1.54) is 24.0 Å². The zero-order valence-electron chi connectivity index (χ0n) is 7.96. The highest BCUT2D eigenvalue weighted by atomic mass is 15.2. The van der Waals surface area contributed by atoms with Crippen molar-refractivity contribution in [3.8, 4) is 0 Å². The lowest BCUT2D eigenvalue weighted by Crippen LogP contribution is -2.35. The Morgan fingerprint density at radius 3 is 2.92 bits per heavy atom. The first-order valence-electron chi connectivity index (χ1n) is 4.87. The number of hydrogen-bond acceptors (Lipinski definition) is 2. The Morgan fingerprint density at radius 2 is 2.15 bits per heavy atom. The summed E-state index contributed by atoms with van der Waals surface area (Å²) in [7, 11) is 0. The number of fused-ring (bicyclic) bond motifs is 1. The van der Waals surface area contributed by atoms with Crippen molar-refractivity contribution in [3.63, 3.8) is 0 Å². The molecule has 0 bridgehead atoms. The van der Waals surface area contributed by atoms with Gasteiger partial charge in [-0.25, -0.2) is 0 Å². The zero-order chi connectivity index (χ0) is 9.26. The summed E-state index contributed by atoms with van der Waals surface area (Å²) in [5.74, 6) is 6.20. The van der Waals surface area contributed by atoms with Crippen LogP contribution >= 0.6 is 0 Å². The molecule has 1 aliphatic rings. The molecule has 1 aliphatic carbocycles. The van der Waals surface area contributed by atoms with Gasteiger partial charge in [0.15, 0.2) is 0 Å². The second kappa shape index (κ2) is 3.48. The summed E-state index contributed by atoms with van der Waals surface area (Å²) in [6.07, 6.45) is 2.42. The molecular formula is C11H16N2. The maximum absolute atomic E-state index is 5.56. The van der Waals surface area contributed by atoms with E-state index < -0.39 is 0 Å². The van der Waals surface area contributed by atoms with Gasteiger partial charge in [0, 0.05) is 6.04 Å². The number of hydrogen-bond donors (Lipinski definition) is 2. The highest BCUT2D eigenvalue weighted by Crippen LogP contribution is 2.33. The van der Waals surface area contributed by atoms with Gasteiger partial charge in [0.25, 0.3) is 0 Å². The van der Waals surface area contributed by atoms with Gasteiger partial charge in [-0.15, -0.1) is 0 Å². The van der Waals surface area contributed by atoms with Crippen molar-refractivity contribution in [1.82, 2.24) is 5.43 Å². The third-order valence-electron chi connectivity index (χ3n) is 3.01. The van der Waals surface area contributed by atoms with Crippen LogP contribution in [0.15, 0.2) is 24.3 Å². The van der Waals surface area contributed by atoms with Gasteiger partial charge in [-0.2, -0.15) is 0 Å². The minimum atomic E-state index is 0.338. The Morgan fingerprint density at radius 1 is 1.38 bits per heavy atom. The quantitative estimate of drug-likeness (QED) is 0.505. The molecule has 0 heterocycles. The van der Waals surface area contributed by atoms with Crippen molar-refractivity contribution in [2.24, 2.45) is 11.8 Å². The molecular weight excluding hydrogens is 160 g/mol. The lowest BCUT2D eigenvalue weighted by atomic mass is 9.81. The Bertz CT molecular complexity index is 296. The second-order valence-electron chi connectivity index (χ2n) is 3.86. The molecule has 13 heavy (non-hydrogen) atoms. The average Bonchev–Trinajstić information content (AvgIpc) is 2.18. The maximum atomic E-state index is 5.56. The maximum Gasteiger partial charge on any atom is 0.0488 e. The van der Waals surface area contributed by atoms with Gasteiger partial charge < -0.3 is 0 Å². The predicted molar refractivity (Wildman–Crippen MR) is 54.0 cm³/mol. The number of nitrogens with two attached hydrogens (primary N) is 1. The van der Waals surface area contributed by atoms with E-state index in [1.54, 1.807) is 0 Å². The van der Waals surface area contributed by atoms with Crippen LogP contribution in [-0.2, 0) is 6.42 Å². The molecule has 0 aliphatic heterocycles. The second-order valence-corrected chi connectivity index (χ2v) is 3.86. The molecule has 0 radical (unpaired) electrons. The number of benzene rings is 1. The highest BCUT2D eigenvalue weighted by Gasteiger charge is 2.24. The topological polar surface area (TPSA) is 38.0 Å². The van der Waals surface area contributed by atoms with E-state index in [1.807, 2.05) is 0 Å². The fraction of sp³-hybridized carbons (Fsp3) is 0.455. The highest BCUT2D eigenvalue weighted by molar-refractivity contribution is 5.32. The first kappa shape index (κ1) is 8.73. The van der Waals surface area contributed by atoms with Gasteiger partial charge in [-0.1, -0.05) is 31.2 Å². The fourth-order valence-corrected chi connectivity index (χ4v) is 2.18. The SMILES string of the molecule is C[C@@H]1CCc2ccccc2[C@@H]1NN. The summed E-state index contributed by atoms with van der Waals surface area (Å²) in [4.78, 5) is 0. The molecule has 0 saturated carbocycles. The van der Waals surface area contributed by atoms with E-state index in [0.29, 0.717) is 12.0 Å². The van der Waals surface area contributed by atoms with E-state index in [-0.39, 0.29) is 0 Å². The first-order chi connectivity index (χ1) is 6.33. The molecule has 2 nitrogen and oxygen atoms in total. The van der Waals surface area contributed by atoms with Gasteiger partial charge in [-0.05, 0) is 29.9 Å². The third-order valence-corrected chi connectivity index (χ3v) is 3.01. The van der Waals surface area contributed by atoms with Gasteiger partial charge in [0.2, 0.25) is 0 Å². The van der Waals surface area contributed by atoms with E-state index in [0.717, 1.165) is 0 Å². The van der Waals surface area contributed by atoms with Crippen LogP contribution in [0.2, 0.25) is 0 Å². The number of hydrazine groups is 1. The van der Waals surface area contributed by atoms with Crippen molar-refractivity contribution >= 4 is 0 Å². The summed E-state index contributed by atoms with van der Waals surface area (Å²) in [6, 6.07) is 8.90.